The van der Waals surface area contributed by atoms with Crippen LogP contribution in [-0.4, -0.2) is 60.5 Å². The first-order valence-corrected chi connectivity index (χ1v) is 9.45. The summed E-state index contributed by atoms with van der Waals surface area (Å²) in [5.74, 6) is 0. The van der Waals surface area contributed by atoms with Crippen LogP contribution >= 0.6 is 0 Å². The van der Waals surface area contributed by atoms with E-state index in [1.54, 1.807) is 0 Å². The third-order valence-corrected chi connectivity index (χ3v) is 4.22. The molecule has 0 aromatic heterocycles. The van der Waals surface area contributed by atoms with Gasteiger partial charge in [0.25, 0.3) is 0 Å². The molecule has 3 N–H and O–H groups in total. The van der Waals surface area contributed by atoms with Crippen molar-refractivity contribution in [1.29, 1.82) is 0 Å². The lowest BCUT2D eigenvalue weighted by atomic mass is 9.96. The van der Waals surface area contributed by atoms with Gasteiger partial charge in [-0.3, -0.25) is 0 Å². The van der Waals surface area contributed by atoms with Crippen molar-refractivity contribution in [3.05, 3.63) is 0 Å². The van der Waals surface area contributed by atoms with Crippen molar-refractivity contribution in [3.8, 4) is 0 Å². The third kappa shape index (κ3) is 13.5. The normalized spacial score (nSPS) is 15.7. The van der Waals surface area contributed by atoms with Gasteiger partial charge in [-0.05, 0) is 38.8 Å². The van der Waals surface area contributed by atoms with E-state index < -0.39 is 0 Å². The van der Waals surface area contributed by atoms with E-state index in [1.807, 2.05) is 0 Å². The molecule has 0 aromatic carbocycles. The Labute approximate surface area is 138 Å². The smallest absolute Gasteiger partial charge is 0.0558 e. The van der Waals surface area contributed by atoms with Crippen LogP contribution in [-0.2, 0) is 0 Å². The van der Waals surface area contributed by atoms with Crippen LogP contribution in [0.5, 0.6) is 0 Å². The second-order valence-electron chi connectivity index (χ2n) is 6.29. The third-order valence-electron chi connectivity index (χ3n) is 4.22. The van der Waals surface area contributed by atoms with Crippen molar-refractivity contribution in [3.63, 3.8) is 0 Å². The molecule has 4 heteroatoms. The Morgan fingerprint density at radius 1 is 0.864 bits per heavy atom. The first kappa shape index (κ1) is 21.8. The van der Waals surface area contributed by atoms with Gasteiger partial charge in [-0.1, -0.05) is 46.0 Å². The summed E-state index contributed by atoms with van der Waals surface area (Å²) in [7, 11) is 0. The lowest BCUT2D eigenvalue weighted by Gasteiger charge is -2.22. The molecule has 4 nitrogen and oxygen atoms in total. The highest BCUT2D eigenvalue weighted by Gasteiger charge is 2.11. The molecule has 1 saturated carbocycles. The van der Waals surface area contributed by atoms with E-state index in [0.717, 1.165) is 26.2 Å². The summed E-state index contributed by atoms with van der Waals surface area (Å²) in [6.45, 7) is 8.90. The van der Waals surface area contributed by atoms with Crippen molar-refractivity contribution >= 4 is 0 Å². The standard InChI is InChI=1S/C10H23NO.C8H17NO/c1-3-5-7-11(9-10-12)8-6-4-2;10-7-6-9-8-4-2-1-3-5-8/h12H,3-10H2,1-2H3;8-10H,1-7H2. The molecule has 0 aliphatic heterocycles. The zero-order chi connectivity index (χ0) is 16.5. The first-order valence-electron chi connectivity index (χ1n) is 9.45. The van der Waals surface area contributed by atoms with Crippen molar-refractivity contribution in [2.24, 2.45) is 0 Å². The second kappa shape index (κ2) is 17.2. The van der Waals surface area contributed by atoms with Gasteiger partial charge in [0.1, 0.15) is 0 Å². The Bertz CT molecular complexity index is 201. The quantitative estimate of drug-likeness (QED) is 0.549. The van der Waals surface area contributed by atoms with Gasteiger partial charge in [0.15, 0.2) is 0 Å². The maximum Gasteiger partial charge on any atom is 0.0558 e. The molecule has 1 fully saturated rings. The summed E-state index contributed by atoms with van der Waals surface area (Å²) >= 11 is 0. The number of unbranched alkanes of at least 4 members (excludes halogenated alkanes) is 2. The summed E-state index contributed by atoms with van der Waals surface area (Å²) in [6.07, 6.45) is 11.7. The fourth-order valence-corrected chi connectivity index (χ4v) is 2.82. The van der Waals surface area contributed by atoms with E-state index in [-0.39, 0.29) is 6.61 Å². The van der Waals surface area contributed by atoms with Gasteiger partial charge < -0.3 is 20.4 Å². The van der Waals surface area contributed by atoms with E-state index in [1.165, 1.54) is 57.8 Å². The maximum absolute atomic E-state index is 8.79. The summed E-state index contributed by atoms with van der Waals surface area (Å²) in [5.41, 5.74) is 0. The molecule has 0 saturated heterocycles. The molecule has 0 atom stereocenters. The Morgan fingerprint density at radius 3 is 1.91 bits per heavy atom. The summed E-state index contributed by atoms with van der Waals surface area (Å²) in [4.78, 5) is 2.35. The molecule has 0 amide bonds. The Morgan fingerprint density at radius 2 is 1.45 bits per heavy atom. The van der Waals surface area contributed by atoms with Gasteiger partial charge >= 0.3 is 0 Å². The fraction of sp³-hybridized carbons (Fsp3) is 1.00. The average molecular weight is 317 g/mol. The van der Waals surface area contributed by atoms with Crippen LogP contribution in [0.15, 0.2) is 0 Å². The molecule has 0 bridgehead atoms. The molecule has 22 heavy (non-hydrogen) atoms. The van der Waals surface area contributed by atoms with Crippen LogP contribution in [0.1, 0.15) is 71.6 Å². The van der Waals surface area contributed by atoms with Crippen molar-refractivity contribution < 1.29 is 10.2 Å². The van der Waals surface area contributed by atoms with Crippen molar-refractivity contribution in [2.75, 3.05) is 39.4 Å². The Hall–Kier alpha value is -0.160. The van der Waals surface area contributed by atoms with Gasteiger partial charge in [-0.15, -0.1) is 0 Å². The molecule has 0 radical (unpaired) electrons. The molecule has 1 aliphatic carbocycles. The zero-order valence-corrected chi connectivity index (χ0v) is 15.0. The van der Waals surface area contributed by atoms with Gasteiger partial charge in [-0.2, -0.15) is 0 Å². The molecule has 0 aromatic rings. The van der Waals surface area contributed by atoms with Gasteiger partial charge in [0.2, 0.25) is 0 Å². The van der Waals surface area contributed by atoms with E-state index in [2.05, 4.69) is 24.1 Å². The lowest BCUT2D eigenvalue weighted by molar-refractivity contribution is 0.192. The van der Waals surface area contributed by atoms with Crippen LogP contribution in [0.4, 0.5) is 0 Å². The Balaban J connectivity index is 0.000000406. The summed E-state index contributed by atoms with van der Waals surface area (Å²) in [5, 5.41) is 20.6. The molecule has 1 aliphatic rings. The number of aliphatic hydroxyl groups excluding tert-OH is 2. The molecular weight excluding hydrogens is 276 g/mol. The van der Waals surface area contributed by atoms with Crippen molar-refractivity contribution in [2.45, 2.75) is 77.7 Å². The molecule has 0 unspecified atom stereocenters. The topological polar surface area (TPSA) is 55.7 Å². The van der Waals surface area contributed by atoms with Crippen molar-refractivity contribution in [1.82, 2.24) is 10.2 Å². The van der Waals surface area contributed by atoms with Crippen LogP contribution < -0.4 is 5.32 Å². The summed E-state index contributed by atoms with van der Waals surface area (Å²) < 4.78 is 0. The van der Waals surface area contributed by atoms with E-state index in [9.17, 15) is 0 Å². The predicted molar refractivity (Wildman–Crippen MR) is 95.3 cm³/mol. The first-order chi connectivity index (χ1) is 10.8. The maximum atomic E-state index is 8.79. The zero-order valence-electron chi connectivity index (χ0n) is 15.0. The SMILES string of the molecule is CCCCN(CCO)CCCC.OCCNC1CCCCC1. The lowest BCUT2D eigenvalue weighted by Crippen LogP contribution is -2.32. The van der Waals surface area contributed by atoms with Gasteiger partial charge in [0.05, 0.1) is 13.2 Å². The molecular formula is C18H40N2O2. The van der Waals surface area contributed by atoms with E-state index in [0.29, 0.717) is 12.6 Å². The molecule has 0 heterocycles. The number of hydrogen-bond acceptors (Lipinski definition) is 4. The molecule has 0 spiro atoms. The number of nitrogens with one attached hydrogen (secondary N) is 1. The van der Waals surface area contributed by atoms with Crippen LogP contribution in [0.3, 0.4) is 0 Å². The predicted octanol–water partition coefficient (Wildman–Crippen LogP) is 2.78. The van der Waals surface area contributed by atoms with E-state index in [4.69, 9.17) is 10.2 Å². The van der Waals surface area contributed by atoms with Gasteiger partial charge in [-0.25, -0.2) is 0 Å². The van der Waals surface area contributed by atoms with Crippen LogP contribution in [0, 0.1) is 0 Å². The fourth-order valence-electron chi connectivity index (χ4n) is 2.82. The minimum atomic E-state index is 0.274. The highest BCUT2D eigenvalue weighted by Crippen LogP contribution is 2.16. The minimum absolute atomic E-state index is 0.274. The number of aliphatic hydroxyl groups is 2. The minimum Gasteiger partial charge on any atom is -0.395 e. The van der Waals surface area contributed by atoms with Crippen LogP contribution in [0.2, 0.25) is 0 Å². The molecule has 1 rings (SSSR count). The Kier molecular flexibility index (Phi) is 17.1. The number of nitrogens with zero attached hydrogens (tertiary/aromatic N) is 1. The monoisotopic (exact) mass is 316 g/mol. The van der Waals surface area contributed by atoms with Gasteiger partial charge in [0, 0.05) is 19.1 Å². The number of rotatable bonds is 11. The largest absolute Gasteiger partial charge is 0.395 e. The van der Waals surface area contributed by atoms with E-state index >= 15 is 0 Å². The second-order valence-corrected chi connectivity index (χ2v) is 6.29. The highest BCUT2D eigenvalue weighted by molar-refractivity contribution is 4.71. The average Bonchev–Trinajstić information content (AvgIpc) is 2.57. The molecule has 134 valence electrons. The highest BCUT2D eigenvalue weighted by atomic mass is 16.3. The number of hydrogen-bond donors (Lipinski definition) is 3. The summed E-state index contributed by atoms with van der Waals surface area (Å²) in [6, 6.07) is 0.695. The van der Waals surface area contributed by atoms with Crippen LogP contribution in [0.25, 0.3) is 0 Å².